The Labute approximate surface area is 196 Å². The van der Waals surface area contributed by atoms with E-state index in [4.69, 9.17) is 16.3 Å². The molecule has 10 heteroatoms. The van der Waals surface area contributed by atoms with E-state index in [0.717, 1.165) is 59.5 Å². The smallest absolute Gasteiger partial charge is 0.182 e. The van der Waals surface area contributed by atoms with Crippen LogP contribution in [0.3, 0.4) is 0 Å². The van der Waals surface area contributed by atoms with Gasteiger partial charge < -0.3 is 20.4 Å². The first-order valence-electron chi connectivity index (χ1n) is 11.1. The maximum atomic E-state index is 6.72. The van der Waals surface area contributed by atoms with Gasteiger partial charge in [0.15, 0.2) is 11.5 Å². The van der Waals surface area contributed by atoms with Crippen LogP contribution in [0.4, 0.5) is 5.82 Å². The number of aromatic amines is 1. The molecule has 3 N–H and O–H groups in total. The van der Waals surface area contributed by atoms with Crippen molar-refractivity contribution in [2.24, 2.45) is 0 Å². The van der Waals surface area contributed by atoms with Crippen molar-refractivity contribution < 1.29 is 4.74 Å². The van der Waals surface area contributed by atoms with E-state index in [0.29, 0.717) is 22.5 Å². The van der Waals surface area contributed by atoms with Crippen LogP contribution in [-0.4, -0.2) is 49.9 Å². The molecule has 0 amide bonds. The molecule has 0 spiro atoms. The first-order chi connectivity index (χ1) is 16.1. The van der Waals surface area contributed by atoms with E-state index in [1.807, 2.05) is 19.2 Å². The van der Waals surface area contributed by atoms with E-state index in [9.17, 15) is 0 Å². The van der Waals surface area contributed by atoms with Gasteiger partial charge in [-0.15, -0.1) is 0 Å². The van der Waals surface area contributed by atoms with E-state index >= 15 is 0 Å². The lowest BCUT2D eigenvalue weighted by atomic mass is 9.95. The SMILES string of the molecule is COc1c(C(C)Nc2ncnc3nc[nH]c23)cc(Cl)c(C)c1-c1cnn(C2CCNCC2)c1. The number of hydrogen-bond donors (Lipinski definition) is 3. The lowest BCUT2D eigenvalue weighted by Gasteiger charge is -2.23. The number of piperidine rings is 1. The second-order valence-electron chi connectivity index (χ2n) is 8.36. The number of H-pyrrole nitrogens is 1. The molecule has 33 heavy (non-hydrogen) atoms. The van der Waals surface area contributed by atoms with Crippen molar-refractivity contribution in [3.05, 3.63) is 47.3 Å². The number of aromatic nitrogens is 6. The van der Waals surface area contributed by atoms with Crippen molar-refractivity contribution in [3.63, 3.8) is 0 Å². The van der Waals surface area contributed by atoms with Crippen molar-refractivity contribution in [3.8, 4) is 16.9 Å². The summed E-state index contributed by atoms with van der Waals surface area (Å²) in [6.07, 6.45) is 9.26. The number of halogens is 1. The first kappa shape index (κ1) is 21.7. The summed E-state index contributed by atoms with van der Waals surface area (Å²) in [6, 6.07) is 2.22. The highest BCUT2D eigenvalue weighted by Gasteiger charge is 2.24. The quantitative estimate of drug-likeness (QED) is 0.389. The summed E-state index contributed by atoms with van der Waals surface area (Å²) >= 11 is 6.72. The zero-order valence-electron chi connectivity index (χ0n) is 18.9. The molecule has 4 aromatic rings. The largest absolute Gasteiger partial charge is 0.496 e. The standard InChI is InChI=1S/C23H27ClN8O/c1-13-18(24)8-17(14(2)31-23-20-22(27-11-26-20)28-12-29-23)21(33-3)19(13)15-9-30-32(10-15)16-4-6-25-7-5-16/h8-12,14,16,25H,4-7H2,1-3H3,(H2,26,27,28,29,31). The van der Waals surface area contributed by atoms with Gasteiger partial charge >= 0.3 is 0 Å². The van der Waals surface area contributed by atoms with E-state index < -0.39 is 0 Å². The van der Waals surface area contributed by atoms with Gasteiger partial charge in [0.25, 0.3) is 0 Å². The number of benzene rings is 1. The second kappa shape index (κ2) is 8.99. The summed E-state index contributed by atoms with van der Waals surface area (Å²) in [5, 5.41) is 12.2. The molecule has 1 fully saturated rings. The van der Waals surface area contributed by atoms with Crippen molar-refractivity contribution in [2.75, 3.05) is 25.5 Å². The second-order valence-corrected chi connectivity index (χ2v) is 8.77. The average Bonchev–Trinajstić information content (AvgIpc) is 3.51. The minimum atomic E-state index is -0.141. The van der Waals surface area contributed by atoms with Crippen molar-refractivity contribution in [1.29, 1.82) is 0 Å². The van der Waals surface area contributed by atoms with Gasteiger partial charge in [-0.2, -0.15) is 5.10 Å². The van der Waals surface area contributed by atoms with Gasteiger partial charge in [-0.25, -0.2) is 15.0 Å². The fourth-order valence-electron chi connectivity index (χ4n) is 4.53. The van der Waals surface area contributed by atoms with Crippen LogP contribution in [0.1, 0.15) is 43.0 Å². The molecular formula is C23H27ClN8O. The molecule has 0 bridgehead atoms. The summed E-state index contributed by atoms with van der Waals surface area (Å²) in [6.45, 7) is 6.09. The van der Waals surface area contributed by atoms with E-state index in [1.54, 1.807) is 13.4 Å². The molecule has 1 atom stereocenters. The monoisotopic (exact) mass is 466 g/mol. The minimum Gasteiger partial charge on any atom is -0.496 e. The fraction of sp³-hybridized carbons (Fsp3) is 0.391. The van der Waals surface area contributed by atoms with Gasteiger partial charge in [0.05, 0.1) is 31.7 Å². The summed E-state index contributed by atoms with van der Waals surface area (Å²) < 4.78 is 8.03. The van der Waals surface area contributed by atoms with E-state index in [2.05, 4.69) is 53.5 Å². The van der Waals surface area contributed by atoms with Gasteiger partial charge in [0, 0.05) is 27.9 Å². The molecule has 1 saturated heterocycles. The lowest BCUT2D eigenvalue weighted by molar-refractivity contribution is 0.343. The number of anilines is 1. The highest BCUT2D eigenvalue weighted by Crippen LogP contribution is 2.43. The minimum absolute atomic E-state index is 0.141. The first-order valence-corrected chi connectivity index (χ1v) is 11.5. The zero-order valence-corrected chi connectivity index (χ0v) is 19.6. The van der Waals surface area contributed by atoms with Gasteiger partial charge in [0.2, 0.25) is 0 Å². The molecule has 3 aromatic heterocycles. The normalized spacial score (nSPS) is 15.6. The van der Waals surface area contributed by atoms with Crippen LogP contribution in [0, 0.1) is 6.92 Å². The van der Waals surface area contributed by atoms with Gasteiger partial charge in [-0.05, 0) is 51.4 Å². The van der Waals surface area contributed by atoms with Crippen molar-refractivity contribution in [2.45, 2.75) is 38.8 Å². The molecule has 1 aliphatic rings. The number of ether oxygens (including phenoxy) is 1. The number of nitrogens with zero attached hydrogens (tertiary/aromatic N) is 5. The van der Waals surface area contributed by atoms with Crippen molar-refractivity contribution >= 4 is 28.6 Å². The highest BCUT2D eigenvalue weighted by atomic mass is 35.5. The highest BCUT2D eigenvalue weighted by molar-refractivity contribution is 6.32. The Bertz CT molecular complexity index is 1280. The molecule has 4 heterocycles. The number of nitrogens with one attached hydrogen (secondary N) is 3. The van der Waals surface area contributed by atoms with Crippen LogP contribution < -0.4 is 15.4 Å². The van der Waals surface area contributed by atoms with Crippen LogP contribution in [0.15, 0.2) is 31.1 Å². The summed E-state index contributed by atoms with van der Waals surface area (Å²) in [5.74, 6) is 1.45. The molecule has 0 aliphatic carbocycles. The molecule has 0 radical (unpaired) electrons. The number of fused-ring (bicyclic) bond motifs is 1. The third kappa shape index (κ3) is 4.02. The third-order valence-corrected chi connectivity index (χ3v) is 6.72. The third-order valence-electron chi connectivity index (χ3n) is 6.32. The summed E-state index contributed by atoms with van der Waals surface area (Å²) in [7, 11) is 1.69. The van der Waals surface area contributed by atoms with Gasteiger partial charge in [-0.3, -0.25) is 4.68 Å². The van der Waals surface area contributed by atoms with Crippen LogP contribution in [0.2, 0.25) is 5.02 Å². The molecule has 9 nitrogen and oxygen atoms in total. The van der Waals surface area contributed by atoms with E-state index in [-0.39, 0.29) is 6.04 Å². The van der Waals surface area contributed by atoms with E-state index in [1.165, 1.54) is 6.33 Å². The van der Waals surface area contributed by atoms with Crippen molar-refractivity contribution in [1.82, 2.24) is 35.0 Å². The number of methoxy groups -OCH3 is 1. The Morgan fingerprint density at radius 1 is 1.24 bits per heavy atom. The Morgan fingerprint density at radius 3 is 2.85 bits per heavy atom. The predicted molar refractivity (Wildman–Crippen MR) is 129 cm³/mol. The average molecular weight is 467 g/mol. The molecule has 0 saturated carbocycles. The maximum Gasteiger partial charge on any atom is 0.182 e. The molecule has 5 rings (SSSR count). The molecule has 1 unspecified atom stereocenters. The number of rotatable bonds is 6. The van der Waals surface area contributed by atoms with Gasteiger partial charge in [0.1, 0.15) is 17.6 Å². The molecular weight excluding hydrogens is 440 g/mol. The maximum absolute atomic E-state index is 6.72. The van der Waals surface area contributed by atoms with Crippen LogP contribution >= 0.6 is 11.6 Å². The number of imidazole rings is 1. The predicted octanol–water partition coefficient (Wildman–Crippen LogP) is 4.28. The molecule has 172 valence electrons. The zero-order chi connectivity index (χ0) is 22.9. The molecule has 1 aromatic carbocycles. The fourth-order valence-corrected chi connectivity index (χ4v) is 4.74. The lowest BCUT2D eigenvalue weighted by Crippen LogP contribution is -2.29. The van der Waals surface area contributed by atoms with Crippen LogP contribution in [0.5, 0.6) is 5.75 Å². The Morgan fingerprint density at radius 2 is 2.06 bits per heavy atom. The summed E-state index contributed by atoms with van der Waals surface area (Å²) in [4.78, 5) is 15.9. The topological polar surface area (TPSA) is 106 Å². The molecule has 1 aliphatic heterocycles. The van der Waals surface area contributed by atoms with Crippen LogP contribution in [0.25, 0.3) is 22.3 Å². The van der Waals surface area contributed by atoms with Gasteiger partial charge in [-0.1, -0.05) is 11.6 Å². The Hall–Kier alpha value is -3.17. The Kier molecular flexibility index (Phi) is 5.90. The number of hydrogen-bond acceptors (Lipinski definition) is 7. The summed E-state index contributed by atoms with van der Waals surface area (Å²) in [5.41, 5.74) is 5.22. The Balaban J connectivity index is 1.53. The van der Waals surface area contributed by atoms with Crippen LogP contribution in [-0.2, 0) is 0 Å².